The molecule has 1 unspecified atom stereocenters. The van der Waals surface area contributed by atoms with Crippen molar-refractivity contribution in [2.24, 2.45) is 0 Å². The molecule has 1 aliphatic heterocycles. The summed E-state index contributed by atoms with van der Waals surface area (Å²) >= 11 is 3.34. The minimum atomic E-state index is -0.0886. The lowest BCUT2D eigenvalue weighted by Gasteiger charge is -2.28. The predicted molar refractivity (Wildman–Crippen MR) is 85.7 cm³/mol. The Morgan fingerprint density at radius 2 is 2.30 bits per heavy atom. The molecule has 0 aromatic heterocycles. The minimum absolute atomic E-state index is 0. The number of phenols is 1. The highest BCUT2D eigenvalue weighted by Crippen LogP contribution is 2.25. The van der Waals surface area contributed by atoms with Crippen LogP contribution in [0, 0.1) is 0 Å². The first-order valence-corrected chi connectivity index (χ1v) is 7.43. The molecule has 0 saturated carbocycles. The van der Waals surface area contributed by atoms with E-state index in [4.69, 9.17) is 0 Å². The van der Waals surface area contributed by atoms with Gasteiger partial charge in [-0.05, 0) is 37.6 Å². The van der Waals surface area contributed by atoms with Crippen molar-refractivity contribution in [2.75, 3.05) is 19.6 Å². The summed E-state index contributed by atoms with van der Waals surface area (Å²) in [5.74, 6) is -0.0467. The quantitative estimate of drug-likeness (QED) is 0.865. The zero-order valence-electron chi connectivity index (χ0n) is 11.4. The molecule has 1 aromatic carbocycles. The van der Waals surface area contributed by atoms with Gasteiger partial charge in [0.2, 0.25) is 0 Å². The fraction of sp³-hybridized carbons (Fsp3) is 0.500. The minimum Gasteiger partial charge on any atom is -0.507 e. The molecule has 1 saturated heterocycles. The van der Waals surface area contributed by atoms with Crippen LogP contribution >= 0.6 is 28.3 Å². The van der Waals surface area contributed by atoms with Crippen LogP contribution in [0.15, 0.2) is 22.7 Å². The van der Waals surface area contributed by atoms with E-state index in [0.29, 0.717) is 5.56 Å². The molecule has 1 heterocycles. The van der Waals surface area contributed by atoms with Gasteiger partial charge in [0, 0.05) is 23.6 Å². The van der Waals surface area contributed by atoms with Crippen molar-refractivity contribution in [3.05, 3.63) is 28.2 Å². The van der Waals surface area contributed by atoms with Crippen LogP contribution in [0.25, 0.3) is 0 Å². The van der Waals surface area contributed by atoms with E-state index < -0.39 is 0 Å². The molecule has 1 aromatic rings. The Morgan fingerprint density at radius 1 is 1.55 bits per heavy atom. The van der Waals surface area contributed by atoms with E-state index in [9.17, 15) is 9.90 Å². The number of carbonyl (C=O) groups excluding carboxylic acids is 1. The first-order chi connectivity index (χ1) is 9.13. The van der Waals surface area contributed by atoms with Crippen molar-refractivity contribution < 1.29 is 9.90 Å². The third-order valence-electron chi connectivity index (χ3n) is 3.39. The van der Waals surface area contributed by atoms with Gasteiger partial charge in [0.15, 0.2) is 0 Å². The molecule has 1 atom stereocenters. The molecule has 1 fully saturated rings. The summed E-state index contributed by atoms with van der Waals surface area (Å²) in [5.41, 5.74) is 0.370. The summed E-state index contributed by atoms with van der Waals surface area (Å²) < 4.78 is 0.801. The van der Waals surface area contributed by atoms with E-state index in [2.05, 4.69) is 28.2 Å². The monoisotopic (exact) mass is 362 g/mol. The summed E-state index contributed by atoms with van der Waals surface area (Å²) in [7, 11) is 0. The van der Waals surface area contributed by atoms with Crippen molar-refractivity contribution in [1.82, 2.24) is 10.2 Å². The zero-order chi connectivity index (χ0) is 13.8. The number of phenolic OH excluding ortho intramolecular Hbond substituents is 1. The smallest absolute Gasteiger partial charge is 0.257 e. The number of nitrogens with zero attached hydrogens (tertiary/aromatic N) is 1. The lowest BCUT2D eigenvalue weighted by atomic mass is 10.1. The second-order valence-corrected chi connectivity index (χ2v) is 5.72. The fourth-order valence-electron chi connectivity index (χ4n) is 2.43. The van der Waals surface area contributed by atoms with Crippen LogP contribution in [0.2, 0.25) is 0 Å². The summed E-state index contributed by atoms with van der Waals surface area (Å²) in [5, 5.41) is 13.2. The Hall–Kier alpha value is -0.780. The molecule has 6 heteroatoms. The van der Waals surface area contributed by atoms with Gasteiger partial charge < -0.3 is 15.3 Å². The van der Waals surface area contributed by atoms with E-state index in [-0.39, 0.29) is 30.1 Å². The van der Waals surface area contributed by atoms with Crippen LogP contribution in [-0.4, -0.2) is 41.6 Å². The molecule has 4 nitrogen and oxygen atoms in total. The number of rotatable bonds is 4. The van der Waals surface area contributed by atoms with Gasteiger partial charge in [0.05, 0.1) is 5.56 Å². The van der Waals surface area contributed by atoms with E-state index >= 15 is 0 Å². The summed E-state index contributed by atoms with van der Waals surface area (Å²) in [4.78, 5) is 14.5. The van der Waals surface area contributed by atoms with Crippen molar-refractivity contribution in [2.45, 2.75) is 25.8 Å². The van der Waals surface area contributed by atoms with Crippen molar-refractivity contribution in [3.8, 4) is 5.75 Å². The molecule has 0 radical (unpaired) electrons. The van der Waals surface area contributed by atoms with Gasteiger partial charge in [-0.1, -0.05) is 22.9 Å². The molecule has 0 bridgehead atoms. The summed E-state index contributed by atoms with van der Waals surface area (Å²) in [6.45, 7) is 4.56. The average molecular weight is 364 g/mol. The van der Waals surface area contributed by atoms with Gasteiger partial charge in [-0.2, -0.15) is 0 Å². The van der Waals surface area contributed by atoms with Gasteiger partial charge in [-0.3, -0.25) is 4.79 Å². The van der Waals surface area contributed by atoms with E-state index in [1.165, 1.54) is 0 Å². The number of aromatic hydroxyl groups is 1. The molecular weight excluding hydrogens is 344 g/mol. The third-order valence-corrected chi connectivity index (χ3v) is 3.88. The van der Waals surface area contributed by atoms with Gasteiger partial charge in [-0.15, -0.1) is 12.4 Å². The van der Waals surface area contributed by atoms with Crippen molar-refractivity contribution >= 4 is 34.2 Å². The Labute approximate surface area is 134 Å². The molecular formula is C14H20BrClN2O2. The molecule has 1 amide bonds. The molecule has 2 N–H and O–H groups in total. The number of halogens is 2. The molecule has 2 rings (SSSR count). The molecule has 1 aliphatic rings. The molecule has 20 heavy (non-hydrogen) atoms. The Balaban J connectivity index is 0.00000200. The number of nitrogens with one attached hydrogen (secondary N) is 1. The Kier molecular flexibility index (Phi) is 6.79. The third kappa shape index (κ3) is 3.87. The van der Waals surface area contributed by atoms with Gasteiger partial charge >= 0.3 is 0 Å². The Bertz CT molecular complexity index is 464. The topological polar surface area (TPSA) is 52.6 Å². The fourth-order valence-corrected chi connectivity index (χ4v) is 2.79. The van der Waals surface area contributed by atoms with Crippen LogP contribution in [-0.2, 0) is 0 Å². The van der Waals surface area contributed by atoms with Gasteiger partial charge in [0.1, 0.15) is 5.75 Å². The number of hydrogen-bond acceptors (Lipinski definition) is 3. The number of amides is 1. The van der Waals surface area contributed by atoms with Crippen molar-refractivity contribution in [3.63, 3.8) is 0 Å². The first kappa shape index (κ1) is 17.3. The number of hydrogen-bond donors (Lipinski definition) is 2. The normalized spacial score (nSPS) is 17.6. The summed E-state index contributed by atoms with van der Waals surface area (Å²) in [6.07, 6.45) is 1.89. The largest absolute Gasteiger partial charge is 0.507 e. The molecule has 112 valence electrons. The predicted octanol–water partition coefficient (Wildman–Crippen LogP) is 2.79. The second kappa shape index (κ2) is 7.86. The first-order valence-electron chi connectivity index (χ1n) is 6.63. The van der Waals surface area contributed by atoms with Crippen LogP contribution in [0.3, 0.4) is 0 Å². The molecule has 0 aliphatic carbocycles. The van der Waals surface area contributed by atoms with Crippen molar-refractivity contribution in [1.29, 1.82) is 0 Å². The van der Waals surface area contributed by atoms with Gasteiger partial charge in [-0.25, -0.2) is 0 Å². The standard InChI is InChI=1S/C14H19BrN2O2.ClH/c1-2-7-17(11-5-6-16-9-11)14(19)12-8-10(15)3-4-13(12)18;/h3-4,8,11,16,18H,2,5-7,9H2,1H3;1H. The van der Waals surface area contributed by atoms with E-state index in [1.807, 2.05) is 4.90 Å². The molecule has 0 spiro atoms. The lowest BCUT2D eigenvalue weighted by Crippen LogP contribution is -2.42. The zero-order valence-corrected chi connectivity index (χ0v) is 13.8. The summed E-state index contributed by atoms with van der Waals surface area (Å²) in [6, 6.07) is 5.19. The number of carbonyl (C=O) groups is 1. The Morgan fingerprint density at radius 3 is 2.90 bits per heavy atom. The SMILES string of the molecule is CCCN(C(=O)c1cc(Br)ccc1O)C1CCNC1.Cl. The average Bonchev–Trinajstić information content (AvgIpc) is 2.92. The maximum atomic E-state index is 12.6. The van der Waals surface area contributed by atoms with E-state index in [1.54, 1.807) is 18.2 Å². The highest BCUT2D eigenvalue weighted by atomic mass is 79.9. The van der Waals surface area contributed by atoms with Crippen LogP contribution in [0.4, 0.5) is 0 Å². The van der Waals surface area contributed by atoms with Crippen LogP contribution in [0.1, 0.15) is 30.1 Å². The highest BCUT2D eigenvalue weighted by molar-refractivity contribution is 9.10. The van der Waals surface area contributed by atoms with Gasteiger partial charge in [0.25, 0.3) is 5.91 Å². The highest BCUT2D eigenvalue weighted by Gasteiger charge is 2.28. The number of benzene rings is 1. The van der Waals surface area contributed by atoms with Crippen LogP contribution in [0.5, 0.6) is 5.75 Å². The second-order valence-electron chi connectivity index (χ2n) is 4.81. The van der Waals surface area contributed by atoms with E-state index in [0.717, 1.165) is 36.9 Å². The lowest BCUT2D eigenvalue weighted by molar-refractivity contribution is 0.0689. The maximum Gasteiger partial charge on any atom is 0.257 e. The van der Waals surface area contributed by atoms with Crippen LogP contribution < -0.4 is 5.32 Å². The maximum absolute atomic E-state index is 12.6.